The van der Waals surface area contributed by atoms with E-state index in [1.54, 1.807) is 18.1 Å². The van der Waals surface area contributed by atoms with E-state index in [0.717, 1.165) is 21.4 Å². The van der Waals surface area contributed by atoms with E-state index in [2.05, 4.69) is 10.3 Å². The number of methoxy groups -OCH3 is 1. The molecule has 3 aromatic carbocycles. The van der Waals surface area contributed by atoms with Gasteiger partial charge < -0.3 is 19.9 Å². The first-order chi connectivity index (χ1) is 17.9. The predicted octanol–water partition coefficient (Wildman–Crippen LogP) is 6.25. The maximum absolute atomic E-state index is 14.1. The number of hydrogen-bond acceptors (Lipinski definition) is 4. The molecule has 0 aliphatic carbocycles. The molecule has 1 aliphatic rings. The van der Waals surface area contributed by atoms with Crippen LogP contribution in [0.2, 0.25) is 10.0 Å². The molecule has 190 valence electrons. The number of halogens is 2. The number of benzene rings is 3. The van der Waals surface area contributed by atoms with Crippen molar-refractivity contribution >= 4 is 63.4 Å². The van der Waals surface area contributed by atoms with Gasteiger partial charge in [-0.05, 0) is 36.4 Å². The Bertz CT molecular complexity index is 1450. The minimum absolute atomic E-state index is 0.0124. The molecule has 9 heteroatoms. The number of fused-ring (bicyclic) bond motifs is 1. The highest BCUT2D eigenvalue weighted by Gasteiger charge is 2.59. The van der Waals surface area contributed by atoms with E-state index in [1.165, 1.54) is 11.8 Å². The highest BCUT2D eigenvalue weighted by Crippen LogP contribution is 2.55. The van der Waals surface area contributed by atoms with Crippen molar-refractivity contribution in [2.75, 3.05) is 25.2 Å². The van der Waals surface area contributed by atoms with Crippen molar-refractivity contribution in [2.24, 2.45) is 0 Å². The molecule has 1 saturated heterocycles. The van der Waals surface area contributed by atoms with E-state index in [-0.39, 0.29) is 18.2 Å². The van der Waals surface area contributed by atoms with Gasteiger partial charge >= 0.3 is 0 Å². The van der Waals surface area contributed by atoms with Crippen molar-refractivity contribution in [1.29, 1.82) is 0 Å². The van der Waals surface area contributed by atoms with Crippen molar-refractivity contribution in [1.82, 2.24) is 10.3 Å². The average molecular weight is 554 g/mol. The quantitative estimate of drug-likeness (QED) is 0.253. The Balaban J connectivity index is 1.73. The number of rotatable bonds is 8. The van der Waals surface area contributed by atoms with Crippen LogP contribution in [-0.4, -0.2) is 41.8 Å². The summed E-state index contributed by atoms with van der Waals surface area (Å²) < 4.78 is 3.97. The van der Waals surface area contributed by atoms with E-state index in [0.29, 0.717) is 28.9 Å². The Kier molecular flexibility index (Phi) is 7.49. The number of anilines is 1. The molecule has 0 spiro atoms. The summed E-state index contributed by atoms with van der Waals surface area (Å²) in [5.74, 6) is -0.429. The van der Waals surface area contributed by atoms with E-state index < -0.39 is 10.8 Å². The summed E-state index contributed by atoms with van der Waals surface area (Å²) in [5.41, 5.74) is 2.19. The van der Waals surface area contributed by atoms with E-state index in [1.807, 2.05) is 72.9 Å². The number of thioether (sulfide) groups is 1. The molecule has 5 rings (SSSR count). The van der Waals surface area contributed by atoms with Gasteiger partial charge in [0.2, 0.25) is 11.8 Å². The smallest absolute Gasteiger partial charge is 0.239 e. The topological polar surface area (TPSA) is 74.4 Å². The predicted molar refractivity (Wildman–Crippen MR) is 150 cm³/mol. The first-order valence-electron chi connectivity index (χ1n) is 11.8. The number of H-pyrrole nitrogens is 1. The molecule has 0 bridgehead atoms. The lowest BCUT2D eigenvalue weighted by molar-refractivity contribution is -0.125. The number of ether oxygens (including phenoxy) is 1. The Morgan fingerprint density at radius 1 is 1.14 bits per heavy atom. The molecule has 2 N–H and O–H groups in total. The highest BCUT2D eigenvalue weighted by atomic mass is 35.5. The van der Waals surface area contributed by atoms with Crippen LogP contribution in [-0.2, 0) is 14.3 Å². The maximum Gasteiger partial charge on any atom is 0.239 e. The first-order valence-corrected chi connectivity index (χ1v) is 13.4. The summed E-state index contributed by atoms with van der Waals surface area (Å²) in [4.78, 5) is 33.8. The summed E-state index contributed by atoms with van der Waals surface area (Å²) in [6.45, 7) is 0.680. The van der Waals surface area contributed by atoms with Crippen LogP contribution in [0.5, 0.6) is 0 Å². The number of carbonyl (C=O) groups excluding carboxylic acids is 2. The molecule has 37 heavy (non-hydrogen) atoms. The summed E-state index contributed by atoms with van der Waals surface area (Å²) in [5, 5.41) is 4.92. The Morgan fingerprint density at radius 2 is 1.89 bits per heavy atom. The van der Waals surface area contributed by atoms with Crippen molar-refractivity contribution in [3.8, 4) is 0 Å². The van der Waals surface area contributed by atoms with Crippen molar-refractivity contribution in [3.63, 3.8) is 0 Å². The number of aromatic amines is 1. The van der Waals surface area contributed by atoms with Crippen LogP contribution in [0.15, 0.2) is 83.9 Å². The lowest BCUT2D eigenvalue weighted by Crippen LogP contribution is -2.49. The first kappa shape index (κ1) is 25.7. The van der Waals surface area contributed by atoms with Crippen LogP contribution >= 0.6 is 35.0 Å². The highest BCUT2D eigenvalue weighted by molar-refractivity contribution is 8.01. The average Bonchev–Trinajstić information content (AvgIpc) is 3.42. The number of hydrogen-bond donors (Lipinski definition) is 2. The molecule has 2 unspecified atom stereocenters. The maximum atomic E-state index is 14.1. The van der Waals surface area contributed by atoms with Crippen LogP contribution < -0.4 is 10.2 Å². The fourth-order valence-corrected chi connectivity index (χ4v) is 6.69. The summed E-state index contributed by atoms with van der Waals surface area (Å²) in [6, 6.07) is 21.8. The van der Waals surface area contributed by atoms with Gasteiger partial charge in [-0.15, -0.1) is 11.8 Å². The molecule has 4 aromatic rings. The minimum atomic E-state index is -1.19. The standard InChI is InChI=1S/C28H25Cl2N3O3S/c1-36-14-13-31-27(35)28(37-19-7-3-2-4-8-19)16-25(34)33(24-10-6-5-9-22(24)30)26(28)21-17-32-23-15-18(29)11-12-20(21)23/h2-12,15,17,26,32H,13-14,16H2,1H3,(H,31,35). The lowest BCUT2D eigenvalue weighted by Gasteiger charge is -2.36. The van der Waals surface area contributed by atoms with Gasteiger partial charge in [0.1, 0.15) is 4.75 Å². The third-order valence-electron chi connectivity index (χ3n) is 6.48. The fourth-order valence-electron chi connectivity index (χ4n) is 4.87. The van der Waals surface area contributed by atoms with Crippen LogP contribution in [0.4, 0.5) is 5.69 Å². The largest absolute Gasteiger partial charge is 0.383 e. The van der Waals surface area contributed by atoms with Gasteiger partial charge in [-0.25, -0.2) is 0 Å². The molecule has 0 saturated carbocycles. The zero-order valence-corrected chi connectivity index (χ0v) is 22.4. The third kappa shape index (κ3) is 4.84. The van der Waals surface area contributed by atoms with Crippen molar-refractivity contribution in [2.45, 2.75) is 22.1 Å². The summed E-state index contributed by atoms with van der Waals surface area (Å²) in [6.07, 6.45) is 1.85. The van der Waals surface area contributed by atoms with Crippen molar-refractivity contribution < 1.29 is 14.3 Å². The Morgan fingerprint density at radius 3 is 2.65 bits per heavy atom. The van der Waals surface area contributed by atoms with Gasteiger partial charge in [0.15, 0.2) is 0 Å². The number of amides is 2. The van der Waals surface area contributed by atoms with E-state index >= 15 is 0 Å². The summed E-state index contributed by atoms with van der Waals surface area (Å²) in [7, 11) is 1.58. The Hall–Kier alpha value is -2.97. The molecule has 0 radical (unpaired) electrons. The van der Waals surface area contributed by atoms with E-state index in [4.69, 9.17) is 27.9 Å². The van der Waals surface area contributed by atoms with Gasteiger partial charge in [-0.1, -0.05) is 59.6 Å². The van der Waals surface area contributed by atoms with Crippen LogP contribution in [0.3, 0.4) is 0 Å². The third-order valence-corrected chi connectivity index (χ3v) is 8.46. The van der Waals surface area contributed by atoms with Gasteiger partial charge in [0, 0.05) is 46.2 Å². The number of nitrogens with zero attached hydrogens (tertiary/aromatic N) is 1. The molecular weight excluding hydrogens is 529 g/mol. The number of carbonyl (C=O) groups is 2. The zero-order chi connectivity index (χ0) is 26.0. The van der Waals surface area contributed by atoms with Crippen LogP contribution in [0.1, 0.15) is 18.0 Å². The molecule has 2 amide bonds. The van der Waals surface area contributed by atoms with Crippen LogP contribution in [0, 0.1) is 0 Å². The number of nitrogens with one attached hydrogen (secondary N) is 2. The molecule has 6 nitrogen and oxygen atoms in total. The minimum Gasteiger partial charge on any atom is -0.383 e. The van der Waals surface area contributed by atoms with Gasteiger partial charge in [-0.3, -0.25) is 9.59 Å². The number of para-hydroxylation sites is 1. The molecule has 2 atom stereocenters. The molecule has 1 aliphatic heterocycles. The second-order valence-corrected chi connectivity index (χ2v) is 11.0. The SMILES string of the molecule is COCCNC(=O)C1(Sc2ccccc2)CC(=O)N(c2ccccc2Cl)C1c1c[nH]c2cc(Cl)ccc12. The van der Waals surface area contributed by atoms with Crippen LogP contribution in [0.25, 0.3) is 10.9 Å². The zero-order valence-electron chi connectivity index (χ0n) is 20.0. The normalized spacial score (nSPS) is 19.5. The van der Waals surface area contributed by atoms with Crippen molar-refractivity contribution in [3.05, 3.63) is 94.6 Å². The lowest BCUT2D eigenvalue weighted by atomic mass is 9.91. The number of aromatic nitrogens is 1. The Labute approximate surface area is 229 Å². The molecule has 2 heterocycles. The second-order valence-electron chi connectivity index (χ2n) is 8.78. The molecule has 1 fully saturated rings. The van der Waals surface area contributed by atoms with Gasteiger partial charge in [-0.2, -0.15) is 0 Å². The van der Waals surface area contributed by atoms with Gasteiger partial charge in [0.05, 0.1) is 29.8 Å². The summed E-state index contributed by atoms with van der Waals surface area (Å²) >= 11 is 14.3. The second kappa shape index (κ2) is 10.8. The molecule has 1 aromatic heterocycles. The molecular formula is C28H25Cl2N3O3S. The fraction of sp³-hybridized carbons (Fsp3) is 0.214. The van der Waals surface area contributed by atoms with Gasteiger partial charge in [0.25, 0.3) is 0 Å². The monoisotopic (exact) mass is 553 g/mol. The van der Waals surface area contributed by atoms with E-state index in [9.17, 15) is 9.59 Å².